The zero-order valence-electron chi connectivity index (χ0n) is 15.4. The van der Waals surface area contributed by atoms with Crippen LogP contribution in [0.3, 0.4) is 0 Å². The van der Waals surface area contributed by atoms with E-state index in [0.717, 1.165) is 44.3 Å². The number of carbonyl (C=O) groups is 2. The van der Waals surface area contributed by atoms with Crippen LogP contribution in [-0.2, 0) is 9.53 Å². The van der Waals surface area contributed by atoms with Crippen molar-refractivity contribution in [3.63, 3.8) is 0 Å². The molecule has 144 valence electrons. The number of methoxy groups -OCH3 is 1. The number of halogens is 1. The third-order valence-electron chi connectivity index (χ3n) is 5.65. The van der Waals surface area contributed by atoms with E-state index in [-0.39, 0.29) is 30.0 Å². The molecule has 1 N–H and O–H groups in total. The Morgan fingerprint density at radius 1 is 1.15 bits per heavy atom. The van der Waals surface area contributed by atoms with Crippen LogP contribution in [0.2, 0.25) is 0 Å². The Balaban J connectivity index is 0.00000243. The number of ketones is 1. The SMILES string of the molecule is COCC1(C(=O)N2CCC(C(=O)c3ccccc3)CC2)CCNCC1.Cl. The fraction of sp³-hybridized carbons (Fsp3) is 0.600. The zero-order valence-corrected chi connectivity index (χ0v) is 16.2. The van der Waals surface area contributed by atoms with Crippen LogP contribution in [0, 0.1) is 11.3 Å². The Bertz CT molecular complexity index is 589. The molecule has 2 aliphatic heterocycles. The van der Waals surface area contributed by atoms with Crippen LogP contribution in [0.4, 0.5) is 0 Å². The Morgan fingerprint density at radius 2 is 1.77 bits per heavy atom. The summed E-state index contributed by atoms with van der Waals surface area (Å²) in [6.07, 6.45) is 3.15. The zero-order chi connectivity index (χ0) is 17.7. The molecule has 2 aliphatic rings. The lowest BCUT2D eigenvalue weighted by molar-refractivity contribution is -0.148. The van der Waals surface area contributed by atoms with Crippen LogP contribution in [0.1, 0.15) is 36.0 Å². The highest BCUT2D eigenvalue weighted by Gasteiger charge is 2.43. The van der Waals surface area contributed by atoms with Gasteiger partial charge >= 0.3 is 0 Å². The van der Waals surface area contributed by atoms with Crippen LogP contribution in [0.5, 0.6) is 0 Å². The number of benzene rings is 1. The Morgan fingerprint density at radius 3 is 2.35 bits per heavy atom. The van der Waals surface area contributed by atoms with Gasteiger partial charge in [-0.05, 0) is 38.8 Å². The van der Waals surface area contributed by atoms with Crippen molar-refractivity contribution in [2.75, 3.05) is 39.9 Å². The van der Waals surface area contributed by atoms with Crippen molar-refractivity contribution < 1.29 is 14.3 Å². The van der Waals surface area contributed by atoms with Gasteiger partial charge in [0.05, 0.1) is 12.0 Å². The first kappa shape index (κ1) is 20.9. The van der Waals surface area contributed by atoms with Gasteiger partial charge in [0, 0.05) is 31.7 Å². The van der Waals surface area contributed by atoms with Gasteiger partial charge < -0.3 is 15.0 Å². The van der Waals surface area contributed by atoms with Crippen molar-refractivity contribution in [3.05, 3.63) is 35.9 Å². The first-order chi connectivity index (χ1) is 12.2. The molecule has 6 heteroatoms. The van der Waals surface area contributed by atoms with Gasteiger partial charge in [0.2, 0.25) is 5.91 Å². The van der Waals surface area contributed by atoms with Crippen molar-refractivity contribution in [1.29, 1.82) is 0 Å². The summed E-state index contributed by atoms with van der Waals surface area (Å²) in [5.41, 5.74) is 0.387. The van der Waals surface area contributed by atoms with E-state index >= 15 is 0 Å². The number of nitrogens with zero attached hydrogens (tertiary/aromatic N) is 1. The lowest BCUT2D eigenvalue weighted by atomic mass is 9.77. The second kappa shape index (κ2) is 9.49. The molecule has 0 unspecified atom stereocenters. The molecule has 2 fully saturated rings. The second-order valence-corrected chi connectivity index (χ2v) is 7.26. The summed E-state index contributed by atoms with van der Waals surface area (Å²) in [6.45, 7) is 3.54. The van der Waals surface area contributed by atoms with Gasteiger partial charge in [-0.15, -0.1) is 12.4 Å². The number of hydrogen-bond donors (Lipinski definition) is 1. The largest absolute Gasteiger partial charge is 0.384 e. The summed E-state index contributed by atoms with van der Waals surface area (Å²) in [6, 6.07) is 9.48. The molecule has 1 aromatic carbocycles. The third-order valence-corrected chi connectivity index (χ3v) is 5.65. The monoisotopic (exact) mass is 380 g/mol. The number of amides is 1. The highest BCUT2D eigenvalue weighted by atomic mass is 35.5. The minimum atomic E-state index is -0.393. The molecule has 2 saturated heterocycles. The van der Waals surface area contributed by atoms with E-state index in [1.807, 2.05) is 35.2 Å². The van der Waals surface area contributed by atoms with Crippen molar-refractivity contribution in [3.8, 4) is 0 Å². The number of hydrogen-bond acceptors (Lipinski definition) is 4. The lowest BCUT2D eigenvalue weighted by Crippen LogP contribution is -2.53. The molecule has 1 amide bonds. The number of piperidine rings is 2. The lowest BCUT2D eigenvalue weighted by Gasteiger charge is -2.41. The quantitative estimate of drug-likeness (QED) is 0.797. The molecule has 26 heavy (non-hydrogen) atoms. The minimum absolute atomic E-state index is 0. The molecule has 0 atom stereocenters. The molecule has 0 radical (unpaired) electrons. The Labute approximate surface area is 161 Å². The predicted molar refractivity (Wildman–Crippen MR) is 104 cm³/mol. The fourth-order valence-corrected chi connectivity index (χ4v) is 4.12. The maximum atomic E-state index is 13.1. The summed E-state index contributed by atoms with van der Waals surface area (Å²) in [5.74, 6) is 0.445. The maximum absolute atomic E-state index is 13.1. The average Bonchev–Trinajstić information content (AvgIpc) is 2.68. The molecule has 1 aromatic rings. The first-order valence-corrected chi connectivity index (χ1v) is 9.24. The van der Waals surface area contributed by atoms with Crippen LogP contribution in [-0.4, -0.2) is 56.5 Å². The van der Waals surface area contributed by atoms with Crippen LogP contribution >= 0.6 is 12.4 Å². The normalized spacial score (nSPS) is 20.3. The summed E-state index contributed by atoms with van der Waals surface area (Å²) in [5, 5.41) is 3.32. The predicted octanol–water partition coefficient (Wildman–Crippen LogP) is 2.55. The van der Waals surface area contributed by atoms with E-state index in [2.05, 4.69) is 5.32 Å². The van der Waals surface area contributed by atoms with E-state index in [1.165, 1.54) is 0 Å². The summed E-state index contributed by atoms with van der Waals surface area (Å²) < 4.78 is 5.38. The topological polar surface area (TPSA) is 58.6 Å². The summed E-state index contributed by atoms with van der Waals surface area (Å²) in [4.78, 5) is 27.7. The summed E-state index contributed by atoms with van der Waals surface area (Å²) in [7, 11) is 1.67. The van der Waals surface area contributed by atoms with Gasteiger partial charge in [0.15, 0.2) is 5.78 Å². The van der Waals surface area contributed by atoms with Gasteiger partial charge in [-0.3, -0.25) is 9.59 Å². The summed E-state index contributed by atoms with van der Waals surface area (Å²) >= 11 is 0. The smallest absolute Gasteiger partial charge is 0.231 e. The Kier molecular flexibility index (Phi) is 7.62. The number of carbonyl (C=O) groups excluding carboxylic acids is 2. The van der Waals surface area contributed by atoms with Crippen molar-refractivity contribution in [2.24, 2.45) is 11.3 Å². The van der Waals surface area contributed by atoms with Crippen LogP contribution in [0.15, 0.2) is 30.3 Å². The molecule has 0 saturated carbocycles. The molecular weight excluding hydrogens is 352 g/mol. The van der Waals surface area contributed by atoms with Gasteiger partial charge in [0.1, 0.15) is 0 Å². The van der Waals surface area contributed by atoms with Crippen LogP contribution < -0.4 is 5.32 Å². The second-order valence-electron chi connectivity index (χ2n) is 7.26. The van der Waals surface area contributed by atoms with E-state index in [0.29, 0.717) is 19.7 Å². The van der Waals surface area contributed by atoms with Gasteiger partial charge in [-0.25, -0.2) is 0 Å². The fourth-order valence-electron chi connectivity index (χ4n) is 4.12. The van der Waals surface area contributed by atoms with E-state index in [9.17, 15) is 9.59 Å². The van der Waals surface area contributed by atoms with Crippen molar-refractivity contribution in [2.45, 2.75) is 25.7 Å². The van der Waals surface area contributed by atoms with E-state index in [4.69, 9.17) is 4.74 Å². The average molecular weight is 381 g/mol. The molecule has 2 heterocycles. The molecule has 5 nitrogen and oxygen atoms in total. The maximum Gasteiger partial charge on any atom is 0.231 e. The van der Waals surface area contributed by atoms with Gasteiger partial charge in [-0.1, -0.05) is 30.3 Å². The van der Waals surface area contributed by atoms with E-state index < -0.39 is 5.41 Å². The number of nitrogens with one attached hydrogen (secondary N) is 1. The Hall–Kier alpha value is -1.43. The third kappa shape index (κ3) is 4.45. The van der Waals surface area contributed by atoms with Gasteiger partial charge in [-0.2, -0.15) is 0 Å². The number of rotatable bonds is 5. The highest BCUT2D eigenvalue weighted by Crippen LogP contribution is 2.33. The molecular formula is C20H29ClN2O3. The van der Waals surface area contributed by atoms with Crippen molar-refractivity contribution >= 4 is 24.1 Å². The van der Waals surface area contributed by atoms with E-state index in [1.54, 1.807) is 7.11 Å². The molecule has 0 aromatic heterocycles. The van der Waals surface area contributed by atoms with Crippen LogP contribution in [0.25, 0.3) is 0 Å². The molecule has 3 rings (SSSR count). The number of ether oxygens (including phenoxy) is 1. The number of likely N-dealkylation sites (tertiary alicyclic amines) is 1. The standard InChI is InChI=1S/C20H28N2O3.ClH/c1-25-15-20(9-11-21-12-10-20)19(24)22-13-7-17(8-14-22)18(23)16-5-3-2-4-6-16;/h2-6,17,21H,7-15H2,1H3;1H. The van der Waals surface area contributed by atoms with Crippen molar-refractivity contribution in [1.82, 2.24) is 10.2 Å². The minimum Gasteiger partial charge on any atom is -0.384 e. The molecule has 0 aliphatic carbocycles. The molecule has 0 bridgehead atoms. The number of Topliss-reactive ketones (excluding diaryl/α,β-unsaturated/α-hetero) is 1. The first-order valence-electron chi connectivity index (χ1n) is 9.24. The van der Waals surface area contributed by atoms with Gasteiger partial charge in [0.25, 0.3) is 0 Å². The highest BCUT2D eigenvalue weighted by molar-refractivity contribution is 5.98. The molecule has 0 spiro atoms.